The Bertz CT molecular complexity index is 998. The van der Waals surface area contributed by atoms with Gasteiger partial charge in [-0.15, -0.1) is 0 Å². The highest BCUT2D eigenvalue weighted by molar-refractivity contribution is 7.89. The van der Waals surface area contributed by atoms with Crippen LogP contribution in [0.1, 0.15) is 12.8 Å². The molecular formula is C20H22ClFN2O4S. The van der Waals surface area contributed by atoms with Crippen molar-refractivity contribution in [1.82, 2.24) is 4.31 Å². The molecule has 1 aliphatic rings. The molecule has 29 heavy (non-hydrogen) atoms. The Hall–Kier alpha value is -2.16. The topological polar surface area (TPSA) is 66.9 Å². The van der Waals surface area contributed by atoms with Crippen LogP contribution in [-0.4, -0.2) is 45.9 Å². The second-order valence-corrected chi connectivity index (χ2v) is 9.21. The summed E-state index contributed by atoms with van der Waals surface area (Å²) in [5, 5.41) is 0.282. The molecule has 0 N–H and O–H groups in total. The van der Waals surface area contributed by atoms with Gasteiger partial charge in [0.1, 0.15) is 16.5 Å². The Balaban J connectivity index is 1.82. The standard InChI is InChI=1S/C20H22ClFN2O4S/c1-23(17-8-6-16(22)7-9-17)20(25)14-4-3-11-24(13-14)29(26,27)19-12-15(21)5-10-18(19)28-2/h5-10,12,14H,3-4,11,13H2,1-2H3/t14-/m0/s1. The van der Waals surface area contributed by atoms with Crippen LogP contribution in [0.2, 0.25) is 5.02 Å². The summed E-state index contributed by atoms with van der Waals surface area (Å²) in [6.45, 7) is 0.365. The van der Waals surface area contributed by atoms with Gasteiger partial charge in [-0.3, -0.25) is 4.79 Å². The van der Waals surface area contributed by atoms with Gasteiger partial charge in [0, 0.05) is 30.8 Å². The van der Waals surface area contributed by atoms with Crippen LogP contribution >= 0.6 is 11.6 Å². The van der Waals surface area contributed by atoms with Gasteiger partial charge in [-0.05, 0) is 55.3 Å². The molecule has 1 fully saturated rings. The van der Waals surface area contributed by atoms with Crippen LogP contribution in [0, 0.1) is 11.7 Å². The van der Waals surface area contributed by atoms with Crippen molar-refractivity contribution in [1.29, 1.82) is 0 Å². The van der Waals surface area contributed by atoms with Gasteiger partial charge in [-0.2, -0.15) is 4.31 Å². The van der Waals surface area contributed by atoms with Crippen LogP contribution in [0.5, 0.6) is 5.75 Å². The van der Waals surface area contributed by atoms with Crippen molar-refractivity contribution in [2.45, 2.75) is 17.7 Å². The Kier molecular flexibility index (Phi) is 6.45. The Morgan fingerprint density at radius 1 is 1.24 bits per heavy atom. The summed E-state index contributed by atoms with van der Waals surface area (Å²) in [5.41, 5.74) is 0.549. The average molecular weight is 441 g/mol. The first-order chi connectivity index (χ1) is 13.7. The number of anilines is 1. The van der Waals surface area contributed by atoms with E-state index in [4.69, 9.17) is 16.3 Å². The van der Waals surface area contributed by atoms with Crippen molar-refractivity contribution in [3.8, 4) is 5.75 Å². The first kappa shape index (κ1) is 21.5. The van der Waals surface area contributed by atoms with Crippen molar-refractivity contribution in [2.75, 3.05) is 32.1 Å². The molecule has 0 aromatic heterocycles. The Morgan fingerprint density at radius 3 is 2.59 bits per heavy atom. The van der Waals surface area contributed by atoms with E-state index in [1.54, 1.807) is 13.1 Å². The molecule has 0 radical (unpaired) electrons. The van der Waals surface area contributed by atoms with Crippen LogP contribution < -0.4 is 9.64 Å². The van der Waals surface area contributed by atoms with Crippen LogP contribution in [-0.2, 0) is 14.8 Å². The quantitative estimate of drug-likeness (QED) is 0.713. The second kappa shape index (κ2) is 8.69. The Labute approximate surface area is 174 Å². The first-order valence-corrected chi connectivity index (χ1v) is 10.9. The average Bonchev–Trinajstić information content (AvgIpc) is 2.73. The normalized spacial score (nSPS) is 17.7. The van der Waals surface area contributed by atoms with E-state index in [1.807, 2.05) is 0 Å². The maximum Gasteiger partial charge on any atom is 0.246 e. The number of carbonyl (C=O) groups excluding carboxylic acids is 1. The van der Waals surface area contributed by atoms with Gasteiger partial charge < -0.3 is 9.64 Å². The second-order valence-electron chi connectivity index (χ2n) is 6.87. The minimum atomic E-state index is -3.89. The largest absolute Gasteiger partial charge is 0.495 e. The molecule has 0 bridgehead atoms. The third-order valence-corrected chi connectivity index (χ3v) is 7.14. The molecule has 2 aromatic rings. The Morgan fingerprint density at radius 2 is 1.93 bits per heavy atom. The molecule has 9 heteroatoms. The SMILES string of the molecule is COc1ccc(Cl)cc1S(=O)(=O)N1CCC[C@H](C(=O)N(C)c2ccc(F)cc2)C1. The number of nitrogens with zero attached hydrogens (tertiary/aromatic N) is 2. The van der Waals surface area contributed by atoms with Gasteiger partial charge in [-0.25, -0.2) is 12.8 Å². The number of ether oxygens (including phenoxy) is 1. The maximum atomic E-state index is 13.2. The fourth-order valence-electron chi connectivity index (χ4n) is 3.42. The van der Waals surface area contributed by atoms with Crippen molar-refractivity contribution < 1.29 is 22.3 Å². The summed E-state index contributed by atoms with van der Waals surface area (Å²) in [5.74, 6) is -0.903. The number of benzene rings is 2. The zero-order valence-electron chi connectivity index (χ0n) is 16.1. The predicted molar refractivity (Wildman–Crippen MR) is 109 cm³/mol. The number of halogens is 2. The number of piperidine rings is 1. The van der Waals surface area contributed by atoms with Crippen molar-refractivity contribution in [2.24, 2.45) is 5.92 Å². The monoisotopic (exact) mass is 440 g/mol. The number of carbonyl (C=O) groups is 1. The highest BCUT2D eigenvalue weighted by Crippen LogP contribution is 2.32. The minimum absolute atomic E-state index is 0.0208. The van der Waals surface area contributed by atoms with E-state index in [-0.39, 0.29) is 33.9 Å². The number of rotatable bonds is 5. The number of amides is 1. The van der Waals surface area contributed by atoms with E-state index in [2.05, 4.69) is 0 Å². The lowest BCUT2D eigenvalue weighted by Gasteiger charge is -2.33. The summed E-state index contributed by atoms with van der Waals surface area (Å²) in [7, 11) is -0.895. The summed E-state index contributed by atoms with van der Waals surface area (Å²) >= 11 is 5.99. The molecule has 3 rings (SSSR count). The van der Waals surface area contributed by atoms with Gasteiger partial charge in [0.05, 0.1) is 13.0 Å². The molecule has 0 spiro atoms. The highest BCUT2D eigenvalue weighted by Gasteiger charge is 2.36. The van der Waals surface area contributed by atoms with E-state index in [0.29, 0.717) is 25.1 Å². The molecule has 2 aromatic carbocycles. The fourth-order valence-corrected chi connectivity index (χ4v) is 5.36. The molecule has 0 unspecified atom stereocenters. The minimum Gasteiger partial charge on any atom is -0.495 e. The molecule has 6 nitrogen and oxygen atoms in total. The van der Waals surface area contributed by atoms with E-state index < -0.39 is 15.9 Å². The van der Waals surface area contributed by atoms with Gasteiger partial charge >= 0.3 is 0 Å². The number of sulfonamides is 1. The first-order valence-electron chi connectivity index (χ1n) is 9.11. The molecule has 1 heterocycles. The van der Waals surface area contributed by atoms with Crippen LogP contribution in [0.4, 0.5) is 10.1 Å². The van der Waals surface area contributed by atoms with Gasteiger partial charge in [0.15, 0.2) is 0 Å². The van der Waals surface area contributed by atoms with Crippen molar-refractivity contribution in [3.63, 3.8) is 0 Å². The van der Waals surface area contributed by atoms with Crippen molar-refractivity contribution in [3.05, 3.63) is 53.3 Å². The summed E-state index contributed by atoms with van der Waals surface area (Å²) in [6.07, 6.45) is 1.12. The van der Waals surface area contributed by atoms with Crippen LogP contribution in [0.3, 0.4) is 0 Å². The highest BCUT2D eigenvalue weighted by atomic mass is 35.5. The molecular weight excluding hydrogens is 419 g/mol. The molecule has 1 amide bonds. The third-order valence-electron chi connectivity index (χ3n) is 5.02. The van der Waals surface area contributed by atoms with Crippen LogP contribution in [0.25, 0.3) is 0 Å². The van der Waals surface area contributed by atoms with Gasteiger partial charge in [-0.1, -0.05) is 11.6 Å². The molecule has 156 valence electrons. The summed E-state index contributed by atoms with van der Waals surface area (Å²) < 4.78 is 46.0. The number of methoxy groups -OCH3 is 1. The van der Waals surface area contributed by atoms with Gasteiger partial charge in [0.2, 0.25) is 15.9 Å². The molecule has 1 aliphatic heterocycles. The third kappa shape index (κ3) is 4.55. The lowest BCUT2D eigenvalue weighted by molar-refractivity contribution is -0.123. The number of hydrogen-bond acceptors (Lipinski definition) is 4. The lowest BCUT2D eigenvalue weighted by atomic mass is 9.98. The smallest absolute Gasteiger partial charge is 0.246 e. The van der Waals surface area contributed by atoms with E-state index in [1.165, 1.54) is 52.7 Å². The zero-order valence-corrected chi connectivity index (χ0v) is 17.7. The maximum absolute atomic E-state index is 13.2. The molecule has 1 atom stereocenters. The molecule has 1 saturated heterocycles. The van der Waals surface area contributed by atoms with Gasteiger partial charge in [0.25, 0.3) is 0 Å². The van der Waals surface area contributed by atoms with E-state index in [9.17, 15) is 17.6 Å². The molecule has 0 aliphatic carbocycles. The summed E-state index contributed by atoms with van der Waals surface area (Å²) in [6, 6.07) is 10.0. The van der Waals surface area contributed by atoms with Crippen molar-refractivity contribution >= 4 is 33.2 Å². The lowest BCUT2D eigenvalue weighted by Crippen LogP contribution is -2.46. The van der Waals surface area contributed by atoms with E-state index >= 15 is 0 Å². The van der Waals surface area contributed by atoms with E-state index in [0.717, 1.165) is 0 Å². The molecule has 0 saturated carbocycles. The fraction of sp³-hybridized carbons (Fsp3) is 0.350. The zero-order chi connectivity index (χ0) is 21.2. The number of hydrogen-bond donors (Lipinski definition) is 0. The predicted octanol–water partition coefficient (Wildman–Crippen LogP) is 3.55. The summed E-state index contributed by atoms with van der Waals surface area (Å²) in [4.78, 5) is 14.3. The van der Waals surface area contributed by atoms with Crippen LogP contribution in [0.15, 0.2) is 47.4 Å².